The number of carbonyl (C=O) groups is 5. The van der Waals surface area contributed by atoms with Crippen LogP contribution in [-0.2, 0) is 42.9 Å². The fourth-order valence-corrected chi connectivity index (χ4v) is 3.61. The highest BCUT2D eigenvalue weighted by molar-refractivity contribution is 5.93. The number of hydrogen-bond acceptors (Lipinski definition) is 11. The van der Waals surface area contributed by atoms with Crippen LogP contribution in [0.2, 0.25) is 0 Å². The van der Waals surface area contributed by atoms with Gasteiger partial charge < -0.3 is 50.7 Å². The molecule has 0 spiro atoms. The fraction of sp³-hybridized carbons (Fsp3) is 0.633. The van der Waals surface area contributed by atoms with Gasteiger partial charge in [-0.3, -0.25) is 24.0 Å². The summed E-state index contributed by atoms with van der Waals surface area (Å²) < 4.78 is 91.7. The van der Waals surface area contributed by atoms with E-state index in [4.69, 9.17) is 24.7 Å². The maximum absolute atomic E-state index is 13.5. The highest BCUT2D eigenvalue weighted by atomic mass is 19.2. The van der Waals surface area contributed by atoms with E-state index in [0.717, 1.165) is 0 Å². The predicted octanol–water partition coefficient (Wildman–Crippen LogP) is 0.113. The second-order valence-electron chi connectivity index (χ2n) is 10.5. The van der Waals surface area contributed by atoms with Crippen molar-refractivity contribution < 1.29 is 69.6 Å². The third-order valence-corrected chi connectivity index (χ3v) is 6.38. The van der Waals surface area contributed by atoms with Crippen molar-refractivity contribution in [3.8, 4) is 5.75 Å². The van der Waals surface area contributed by atoms with Gasteiger partial charge in [0.2, 0.25) is 58.5 Å². The first-order valence-corrected chi connectivity index (χ1v) is 15.6. The molecule has 0 saturated carbocycles. The summed E-state index contributed by atoms with van der Waals surface area (Å²) in [6.07, 6.45) is 0.135. The van der Waals surface area contributed by atoms with Crippen LogP contribution >= 0.6 is 0 Å². The van der Waals surface area contributed by atoms with Gasteiger partial charge >= 0.3 is 5.97 Å². The number of hydrogen-bond donors (Lipinski definition) is 5. The van der Waals surface area contributed by atoms with E-state index < -0.39 is 83.1 Å². The average Bonchev–Trinajstić information content (AvgIpc) is 3.08. The van der Waals surface area contributed by atoms with Gasteiger partial charge in [-0.1, -0.05) is 0 Å². The summed E-state index contributed by atoms with van der Waals surface area (Å²) in [5.74, 6) is -16.3. The lowest BCUT2D eigenvalue weighted by Gasteiger charge is -2.20. The van der Waals surface area contributed by atoms with Gasteiger partial charge in [0.05, 0.1) is 59.3 Å². The SMILES string of the molecule is C[C@H](NC(=O)CCCN)C(=O)N[C@@H](C)C(=O)N[C@@H](C)C(=O)NCCOCCOCCOCCOCCC(=O)Oc1c(F)c(F)c(F)c(F)c1F. The van der Waals surface area contributed by atoms with E-state index in [-0.39, 0.29) is 71.7 Å². The van der Waals surface area contributed by atoms with E-state index in [1.54, 1.807) is 0 Å². The molecule has 0 aliphatic carbocycles. The van der Waals surface area contributed by atoms with Gasteiger partial charge in [-0.2, -0.15) is 8.78 Å². The first-order valence-electron chi connectivity index (χ1n) is 15.6. The molecule has 3 atom stereocenters. The summed E-state index contributed by atoms with van der Waals surface area (Å²) in [5.41, 5.74) is 5.35. The van der Waals surface area contributed by atoms with Crippen molar-refractivity contribution in [3.63, 3.8) is 0 Å². The number of nitrogens with two attached hydrogens (primary N) is 1. The zero-order valence-corrected chi connectivity index (χ0v) is 28.0. The van der Waals surface area contributed by atoms with Crippen molar-refractivity contribution in [2.75, 3.05) is 65.9 Å². The Hall–Kier alpha value is -3.98. The third-order valence-electron chi connectivity index (χ3n) is 6.38. The Kier molecular flexibility index (Phi) is 21.3. The zero-order chi connectivity index (χ0) is 37.6. The number of nitrogens with one attached hydrogen (secondary N) is 4. The Balaban J connectivity index is 2.05. The summed E-state index contributed by atoms with van der Waals surface area (Å²) in [5, 5.41) is 10.1. The molecule has 0 aliphatic rings. The smallest absolute Gasteiger partial charge is 0.313 e. The lowest BCUT2D eigenvalue weighted by Crippen LogP contribution is -2.54. The molecular weight excluding hydrogens is 685 g/mol. The Morgan fingerprint density at radius 3 is 1.50 bits per heavy atom. The molecule has 0 bridgehead atoms. The molecule has 0 fully saturated rings. The monoisotopic (exact) mass is 729 g/mol. The molecule has 284 valence electrons. The summed E-state index contributed by atoms with van der Waals surface area (Å²) in [6.45, 7) is 5.78. The topological polar surface area (TPSA) is 206 Å². The molecule has 0 aliphatic heterocycles. The van der Waals surface area contributed by atoms with Gasteiger partial charge in [-0.05, 0) is 33.7 Å². The molecule has 4 amide bonds. The van der Waals surface area contributed by atoms with Crippen LogP contribution in [0.3, 0.4) is 0 Å². The molecule has 50 heavy (non-hydrogen) atoms. The van der Waals surface area contributed by atoms with Crippen molar-refractivity contribution in [2.45, 2.75) is 58.2 Å². The second-order valence-corrected chi connectivity index (χ2v) is 10.5. The minimum absolute atomic E-state index is 0.0267. The summed E-state index contributed by atoms with van der Waals surface area (Å²) >= 11 is 0. The molecule has 0 unspecified atom stereocenters. The molecule has 1 aromatic carbocycles. The Morgan fingerprint density at radius 2 is 1.00 bits per heavy atom. The molecule has 0 heterocycles. The van der Waals surface area contributed by atoms with Crippen molar-refractivity contribution in [1.29, 1.82) is 0 Å². The number of carbonyl (C=O) groups excluding carboxylic acids is 5. The number of amides is 4. The van der Waals surface area contributed by atoms with E-state index in [1.807, 2.05) is 0 Å². The highest BCUT2D eigenvalue weighted by Gasteiger charge is 2.28. The van der Waals surface area contributed by atoms with Crippen LogP contribution in [0.1, 0.15) is 40.0 Å². The standard InChI is InChI=1S/C30H44F5N5O10/c1-17(39-30(45)19(3)40-29(44)18(2)38-20(41)5-4-7-36)28(43)37-8-10-47-12-14-49-16-15-48-13-11-46-9-6-21(42)50-27-25(34)23(32)22(31)24(33)26(27)35/h17-19H,4-16,36H2,1-3H3,(H,37,43)(H,38,41)(H,39,45)(H,40,44)/t17-,18-,19-/m0/s1. The molecule has 6 N–H and O–H groups in total. The van der Waals surface area contributed by atoms with Gasteiger partial charge in [-0.15, -0.1) is 0 Å². The summed E-state index contributed by atoms with van der Waals surface area (Å²) in [7, 11) is 0. The van der Waals surface area contributed by atoms with E-state index in [2.05, 4.69) is 26.0 Å². The van der Waals surface area contributed by atoms with Crippen LogP contribution in [0.25, 0.3) is 0 Å². The number of halogens is 5. The maximum atomic E-state index is 13.5. The summed E-state index contributed by atoms with van der Waals surface area (Å²) in [4.78, 5) is 60.3. The van der Waals surface area contributed by atoms with Gasteiger partial charge in [0.25, 0.3) is 0 Å². The predicted molar refractivity (Wildman–Crippen MR) is 164 cm³/mol. The first-order chi connectivity index (χ1) is 23.7. The van der Waals surface area contributed by atoms with Crippen LogP contribution in [0.5, 0.6) is 5.75 Å². The fourth-order valence-electron chi connectivity index (χ4n) is 3.61. The lowest BCUT2D eigenvalue weighted by molar-refractivity contribution is -0.136. The van der Waals surface area contributed by atoms with E-state index in [1.165, 1.54) is 20.8 Å². The third kappa shape index (κ3) is 16.6. The van der Waals surface area contributed by atoms with Gasteiger partial charge in [-0.25, -0.2) is 13.2 Å². The molecule has 0 radical (unpaired) electrons. The largest absolute Gasteiger partial charge is 0.420 e. The second kappa shape index (κ2) is 24.2. The maximum Gasteiger partial charge on any atom is 0.313 e. The minimum atomic E-state index is -2.37. The molecular formula is C30H44F5N5O10. The minimum Gasteiger partial charge on any atom is -0.420 e. The van der Waals surface area contributed by atoms with E-state index in [9.17, 15) is 45.9 Å². The molecule has 1 aromatic rings. The highest BCUT2D eigenvalue weighted by Crippen LogP contribution is 2.29. The average molecular weight is 730 g/mol. The number of rotatable bonds is 25. The van der Waals surface area contributed by atoms with Crippen molar-refractivity contribution in [1.82, 2.24) is 21.3 Å². The molecule has 20 heteroatoms. The van der Waals surface area contributed by atoms with Crippen LogP contribution in [0.4, 0.5) is 22.0 Å². The van der Waals surface area contributed by atoms with Crippen LogP contribution in [0, 0.1) is 29.1 Å². The molecule has 1 rings (SSSR count). The molecule has 0 aromatic heterocycles. The number of ether oxygens (including phenoxy) is 5. The van der Waals surface area contributed by atoms with Gasteiger partial charge in [0, 0.05) is 13.0 Å². The summed E-state index contributed by atoms with van der Waals surface area (Å²) in [6, 6.07) is -2.73. The number of benzene rings is 1. The van der Waals surface area contributed by atoms with Crippen LogP contribution in [-0.4, -0.2) is 114 Å². The van der Waals surface area contributed by atoms with Crippen LogP contribution in [0.15, 0.2) is 0 Å². The Bertz CT molecular complexity index is 1250. The lowest BCUT2D eigenvalue weighted by atomic mass is 10.2. The molecule has 15 nitrogen and oxygen atoms in total. The van der Waals surface area contributed by atoms with Crippen LogP contribution < -0.4 is 31.7 Å². The normalized spacial score (nSPS) is 12.8. The molecule has 0 saturated heterocycles. The van der Waals surface area contributed by atoms with Crippen molar-refractivity contribution in [2.24, 2.45) is 5.73 Å². The quantitative estimate of drug-likeness (QED) is 0.0228. The Morgan fingerprint density at radius 1 is 0.580 bits per heavy atom. The Labute approximate surface area is 285 Å². The van der Waals surface area contributed by atoms with E-state index in [0.29, 0.717) is 13.0 Å². The van der Waals surface area contributed by atoms with Gasteiger partial charge in [0.15, 0.2) is 0 Å². The number of esters is 1. The van der Waals surface area contributed by atoms with E-state index >= 15 is 0 Å². The van der Waals surface area contributed by atoms with Crippen molar-refractivity contribution >= 4 is 29.6 Å². The first kappa shape index (κ1) is 44.0. The zero-order valence-electron chi connectivity index (χ0n) is 28.0. The van der Waals surface area contributed by atoms with Gasteiger partial charge in [0.1, 0.15) is 18.1 Å². The van der Waals surface area contributed by atoms with Crippen molar-refractivity contribution in [3.05, 3.63) is 29.1 Å².